The molecule has 1 aliphatic rings. The average molecular weight is 214 g/mol. The molecule has 0 amide bonds. The van der Waals surface area contributed by atoms with Gasteiger partial charge in [0.15, 0.2) is 0 Å². The Morgan fingerprint density at radius 1 is 1.07 bits per heavy atom. The Morgan fingerprint density at radius 3 is 2.80 bits per heavy atom. The van der Waals surface area contributed by atoms with Crippen LogP contribution < -0.4 is 4.90 Å². The van der Waals surface area contributed by atoms with Gasteiger partial charge in [-0.1, -0.05) is 30.0 Å². The Morgan fingerprint density at radius 2 is 1.93 bits per heavy atom. The van der Waals surface area contributed by atoms with Gasteiger partial charge in [0, 0.05) is 11.9 Å². The Bertz CT molecular complexity index is 470. The molecule has 2 heterocycles. The van der Waals surface area contributed by atoms with Gasteiger partial charge >= 0.3 is 0 Å². The first-order valence-corrected chi connectivity index (χ1v) is 5.84. The maximum atomic E-state index is 4.36. The monoisotopic (exact) mass is 214 g/mol. The van der Waals surface area contributed by atoms with Crippen molar-refractivity contribution in [3.8, 4) is 0 Å². The summed E-state index contributed by atoms with van der Waals surface area (Å²) < 4.78 is 0. The van der Waals surface area contributed by atoms with Gasteiger partial charge in [-0.25, -0.2) is 4.98 Å². The highest BCUT2D eigenvalue weighted by molar-refractivity contribution is 7.99. The first-order chi connectivity index (χ1) is 7.45. The van der Waals surface area contributed by atoms with Crippen LogP contribution in [0.15, 0.2) is 53.7 Å². The standard InChI is InChI=1S/C12H10N2S/c1-2-5-10(6-3-1)14-9-15-12-11(14)7-4-8-13-12/h1-8H,9H2. The highest BCUT2D eigenvalue weighted by Gasteiger charge is 2.21. The lowest BCUT2D eigenvalue weighted by Crippen LogP contribution is -2.10. The number of thioether (sulfide) groups is 1. The van der Waals surface area contributed by atoms with E-state index >= 15 is 0 Å². The summed E-state index contributed by atoms with van der Waals surface area (Å²) >= 11 is 1.79. The molecule has 3 rings (SSSR count). The molecule has 0 N–H and O–H groups in total. The Hall–Kier alpha value is -1.48. The number of anilines is 2. The maximum absolute atomic E-state index is 4.36. The average Bonchev–Trinajstić information content (AvgIpc) is 2.74. The van der Waals surface area contributed by atoms with E-state index in [2.05, 4.69) is 40.2 Å². The van der Waals surface area contributed by atoms with Crippen LogP contribution in [0.1, 0.15) is 0 Å². The third-order valence-corrected chi connectivity index (χ3v) is 3.42. The smallest absolute Gasteiger partial charge is 0.121 e. The summed E-state index contributed by atoms with van der Waals surface area (Å²) in [7, 11) is 0. The largest absolute Gasteiger partial charge is 0.329 e. The Labute approximate surface area is 93.0 Å². The lowest BCUT2D eigenvalue weighted by molar-refractivity contribution is 1.10. The number of aromatic nitrogens is 1. The van der Waals surface area contributed by atoms with E-state index in [1.165, 1.54) is 11.4 Å². The van der Waals surface area contributed by atoms with E-state index in [1.807, 2.05) is 18.3 Å². The van der Waals surface area contributed by atoms with E-state index in [-0.39, 0.29) is 0 Å². The van der Waals surface area contributed by atoms with Crippen LogP contribution in [0.5, 0.6) is 0 Å². The van der Waals surface area contributed by atoms with Crippen molar-refractivity contribution in [2.24, 2.45) is 0 Å². The number of para-hydroxylation sites is 1. The molecule has 0 fully saturated rings. The molecule has 2 nitrogen and oxygen atoms in total. The summed E-state index contributed by atoms with van der Waals surface area (Å²) in [6.45, 7) is 0. The van der Waals surface area contributed by atoms with Crippen LogP contribution in [0.25, 0.3) is 0 Å². The summed E-state index contributed by atoms with van der Waals surface area (Å²) in [6, 6.07) is 14.5. The molecule has 0 saturated carbocycles. The summed E-state index contributed by atoms with van der Waals surface area (Å²) in [5.74, 6) is 0.955. The quantitative estimate of drug-likeness (QED) is 0.724. The second kappa shape index (κ2) is 3.59. The van der Waals surface area contributed by atoms with Crippen LogP contribution in [0.2, 0.25) is 0 Å². The van der Waals surface area contributed by atoms with E-state index < -0.39 is 0 Å². The lowest BCUT2D eigenvalue weighted by atomic mass is 10.3. The zero-order valence-electron chi connectivity index (χ0n) is 8.13. The van der Waals surface area contributed by atoms with Gasteiger partial charge in [-0.15, -0.1) is 0 Å². The molecule has 0 atom stereocenters. The number of pyridine rings is 1. The topological polar surface area (TPSA) is 16.1 Å². The first-order valence-electron chi connectivity index (χ1n) is 4.85. The van der Waals surface area contributed by atoms with Gasteiger partial charge in [-0.2, -0.15) is 0 Å². The van der Waals surface area contributed by atoms with Crippen molar-refractivity contribution in [3.05, 3.63) is 48.7 Å². The molecule has 74 valence electrons. The minimum absolute atomic E-state index is 0.955. The maximum Gasteiger partial charge on any atom is 0.121 e. The minimum atomic E-state index is 0.955. The zero-order chi connectivity index (χ0) is 10.1. The molecule has 0 radical (unpaired) electrons. The number of hydrogen-bond acceptors (Lipinski definition) is 3. The molecule has 1 aromatic carbocycles. The van der Waals surface area contributed by atoms with Crippen molar-refractivity contribution in [1.29, 1.82) is 0 Å². The molecule has 3 heteroatoms. The van der Waals surface area contributed by atoms with Crippen LogP contribution in [0, 0.1) is 0 Å². The van der Waals surface area contributed by atoms with Crippen molar-refractivity contribution < 1.29 is 0 Å². The normalized spacial score (nSPS) is 14.0. The summed E-state index contributed by atoms with van der Waals surface area (Å²) in [6.07, 6.45) is 1.85. The van der Waals surface area contributed by atoms with E-state index in [0.717, 1.165) is 10.9 Å². The molecule has 1 aliphatic heterocycles. The highest BCUT2D eigenvalue weighted by Crippen LogP contribution is 2.40. The molecule has 0 saturated heterocycles. The number of fused-ring (bicyclic) bond motifs is 1. The zero-order valence-corrected chi connectivity index (χ0v) is 8.95. The van der Waals surface area contributed by atoms with Gasteiger partial charge in [-0.05, 0) is 24.3 Å². The molecule has 0 bridgehead atoms. The molecular formula is C12H10N2S. The molecule has 0 aliphatic carbocycles. The van der Waals surface area contributed by atoms with Crippen molar-refractivity contribution in [2.45, 2.75) is 5.03 Å². The molecule has 15 heavy (non-hydrogen) atoms. The van der Waals surface area contributed by atoms with Gasteiger partial charge in [0.25, 0.3) is 0 Å². The van der Waals surface area contributed by atoms with Crippen LogP contribution in [0.4, 0.5) is 11.4 Å². The van der Waals surface area contributed by atoms with Crippen LogP contribution in [-0.4, -0.2) is 10.9 Å². The fraction of sp³-hybridized carbons (Fsp3) is 0.0833. The molecule has 0 unspecified atom stereocenters. The predicted molar refractivity (Wildman–Crippen MR) is 63.5 cm³/mol. The van der Waals surface area contributed by atoms with Gasteiger partial charge in [-0.3, -0.25) is 0 Å². The number of nitrogens with zero attached hydrogens (tertiary/aromatic N) is 2. The van der Waals surface area contributed by atoms with E-state index in [0.29, 0.717) is 0 Å². The van der Waals surface area contributed by atoms with Gasteiger partial charge < -0.3 is 4.90 Å². The second-order valence-electron chi connectivity index (χ2n) is 3.36. The predicted octanol–water partition coefficient (Wildman–Crippen LogP) is 3.28. The van der Waals surface area contributed by atoms with E-state index in [9.17, 15) is 0 Å². The summed E-state index contributed by atoms with van der Waals surface area (Å²) in [5, 5.41) is 1.13. The minimum Gasteiger partial charge on any atom is -0.329 e. The van der Waals surface area contributed by atoms with E-state index in [1.54, 1.807) is 11.8 Å². The Kier molecular flexibility index (Phi) is 2.10. The lowest BCUT2D eigenvalue weighted by Gasteiger charge is -2.17. The number of rotatable bonds is 1. The SMILES string of the molecule is c1ccc(N2CSc3ncccc32)cc1. The third-order valence-electron chi connectivity index (χ3n) is 2.44. The van der Waals surface area contributed by atoms with Gasteiger partial charge in [0.1, 0.15) is 5.03 Å². The van der Waals surface area contributed by atoms with Crippen molar-refractivity contribution >= 4 is 23.1 Å². The van der Waals surface area contributed by atoms with Crippen LogP contribution >= 0.6 is 11.8 Å². The van der Waals surface area contributed by atoms with Crippen molar-refractivity contribution in [2.75, 3.05) is 10.8 Å². The second-order valence-corrected chi connectivity index (χ2v) is 4.30. The number of benzene rings is 1. The van der Waals surface area contributed by atoms with E-state index in [4.69, 9.17) is 0 Å². The third kappa shape index (κ3) is 1.49. The van der Waals surface area contributed by atoms with Crippen molar-refractivity contribution in [1.82, 2.24) is 4.98 Å². The molecule has 1 aromatic heterocycles. The molecule has 0 spiro atoms. The fourth-order valence-corrected chi connectivity index (χ4v) is 2.72. The fourth-order valence-electron chi connectivity index (χ4n) is 1.72. The first kappa shape index (κ1) is 8.80. The van der Waals surface area contributed by atoms with Crippen LogP contribution in [0.3, 0.4) is 0 Å². The molecular weight excluding hydrogens is 204 g/mol. The highest BCUT2D eigenvalue weighted by atomic mass is 32.2. The van der Waals surface area contributed by atoms with Gasteiger partial charge in [0.2, 0.25) is 0 Å². The van der Waals surface area contributed by atoms with Gasteiger partial charge in [0.05, 0.1) is 11.6 Å². The summed E-state index contributed by atoms with van der Waals surface area (Å²) in [4.78, 5) is 6.64. The summed E-state index contributed by atoms with van der Waals surface area (Å²) in [5.41, 5.74) is 2.45. The van der Waals surface area contributed by atoms with Crippen molar-refractivity contribution in [3.63, 3.8) is 0 Å². The number of hydrogen-bond donors (Lipinski definition) is 0. The molecule has 2 aromatic rings. The van der Waals surface area contributed by atoms with Crippen LogP contribution in [-0.2, 0) is 0 Å². The Balaban J connectivity index is 2.05.